The summed E-state index contributed by atoms with van der Waals surface area (Å²) in [6, 6.07) is 36.4. The van der Waals surface area contributed by atoms with E-state index < -0.39 is 7.14 Å². The van der Waals surface area contributed by atoms with Crippen LogP contribution in [0, 0.1) is 27.7 Å². The Morgan fingerprint density at radius 2 is 1.07 bits per heavy atom. The van der Waals surface area contributed by atoms with Crippen LogP contribution in [0.3, 0.4) is 0 Å². The summed E-state index contributed by atoms with van der Waals surface area (Å²) in [6.45, 7) is 10.1. The van der Waals surface area contributed by atoms with Crippen molar-refractivity contribution in [2.45, 2.75) is 40.8 Å². The molecule has 1 aliphatic rings. The first-order valence-electron chi connectivity index (χ1n) is 15.2. The molecule has 0 saturated heterocycles. The van der Waals surface area contributed by atoms with Gasteiger partial charge in [-0.15, -0.1) is 0 Å². The van der Waals surface area contributed by atoms with Gasteiger partial charge in [0.2, 0.25) is 0 Å². The Bertz CT molecular complexity index is 2040. The summed E-state index contributed by atoms with van der Waals surface area (Å²) in [5, 5.41) is 2.72. The maximum Gasteiger partial charge on any atom is 0.181 e. The summed E-state index contributed by atoms with van der Waals surface area (Å²) >= 11 is 0. The van der Waals surface area contributed by atoms with Crippen molar-refractivity contribution < 1.29 is 13.7 Å². The first-order chi connectivity index (χ1) is 21.3. The van der Waals surface area contributed by atoms with Gasteiger partial charge in [-0.1, -0.05) is 76.9 Å². The van der Waals surface area contributed by atoms with E-state index in [1.807, 2.05) is 30.3 Å². The van der Waals surface area contributed by atoms with E-state index >= 15 is 4.57 Å². The molecule has 1 atom stereocenters. The highest BCUT2D eigenvalue weighted by Gasteiger charge is 2.42. The van der Waals surface area contributed by atoms with Gasteiger partial charge in [0, 0.05) is 45.5 Å². The molecule has 0 radical (unpaired) electrons. The molecule has 1 aliphatic heterocycles. The molecule has 3 heterocycles. The van der Waals surface area contributed by atoms with Gasteiger partial charge in [-0.3, -0.25) is 0 Å². The number of benzene rings is 4. The van der Waals surface area contributed by atoms with E-state index in [1.165, 1.54) is 33.4 Å². The van der Waals surface area contributed by atoms with Gasteiger partial charge < -0.3 is 4.57 Å². The summed E-state index contributed by atoms with van der Waals surface area (Å²) in [7, 11) is -3.09. The van der Waals surface area contributed by atoms with Gasteiger partial charge in [0.25, 0.3) is 0 Å². The molecule has 216 valence electrons. The number of fused-ring (bicyclic) bond motifs is 3. The van der Waals surface area contributed by atoms with E-state index in [9.17, 15) is 0 Å². The van der Waals surface area contributed by atoms with Crippen LogP contribution in [0.1, 0.15) is 33.4 Å². The molecule has 44 heavy (non-hydrogen) atoms. The van der Waals surface area contributed by atoms with Crippen LogP contribution in [-0.4, -0.2) is 0 Å². The number of aromatic nitrogens is 2. The van der Waals surface area contributed by atoms with Crippen molar-refractivity contribution in [1.29, 1.82) is 0 Å². The van der Waals surface area contributed by atoms with E-state index in [1.54, 1.807) is 0 Å². The third kappa shape index (κ3) is 5.23. The predicted octanol–water partition coefficient (Wildman–Crippen LogP) is 6.88. The third-order valence-electron chi connectivity index (χ3n) is 8.60. The summed E-state index contributed by atoms with van der Waals surface area (Å²) in [5.41, 5.74) is 12.0. The van der Waals surface area contributed by atoms with Crippen molar-refractivity contribution >= 4 is 23.1 Å². The van der Waals surface area contributed by atoms with Crippen LogP contribution in [0.2, 0.25) is 0 Å². The lowest BCUT2D eigenvalue weighted by Crippen LogP contribution is -2.37. The summed E-state index contributed by atoms with van der Waals surface area (Å²) in [5.74, 6) is 0. The molecule has 0 N–H and O–H groups in total. The standard InChI is InChI=1S/C40H37N2OP/c1-28-18-29(2)21-32(20-28)25-41-15-12-34(13-16-41)35-10-11-37-38-14-17-42(26-33-22-30(3)19-31(4)23-33)27-40(38)44(43,39(37)24-35)36-8-6-5-7-9-36/h5-24,27H,25-26H2,1-4H3/q+2. The second kappa shape index (κ2) is 11.2. The monoisotopic (exact) mass is 592 g/mol. The van der Waals surface area contributed by atoms with Gasteiger partial charge >= 0.3 is 0 Å². The SMILES string of the molecule is Cc1cc(C)cc(C[n+]2ccc(-c3ccc4c(c3)P(=O)(c3ccccc3)c3c[n+](Cc5cc(C)cc(C)c5)ccc3-4)cc2)c1. The Morgan fingerprint density at radius 3 is 1.68 bits per heavy atom. The van der Waals surface area contributed by atoms with Crippen LogP contribution in [-0.2, 0) is 17.7 Å². The number of aryl methyl sites for hydroxylation is 4. The third-order valence-corrected chi connectivity index (χ3v) is 11.7. The topological polar surface area (TPSA) is 24.8 Å². The fourth-order valence-electron chi connectivity index (χ4n) is 6.85. The molecule has 0 amide bonds. The zero-order chi connectivity index (χ0) is 30.4. The van der Waals surface area contributed by atoms with Crippen LogP contribution in [0.25, 0.3) is 22.3 Å². The number of nitrogens with zero attached hydrogens (tertiary/aromatic N) is 2. The zero-order valence-corrected chi connectivity index (χ0v) is 26.7. The predicted molar refractivity (Wildman–Crippen MR) is 181 cm³/mol. The van der Waals surface area contributed by atoms with Crippen molar-refractivity contribution in [2.75, 3.05) is 0 Å². The summed E-state index contributed by atoms with van der Waals surface area (Å²) in [6.07, 6.45) is 8.53. The Kier molecular flexibility index (Phi) is 7.15. The van der Waals surface area contributed by atoms with Gasteiger partial charge in [0.05, 0.1) is 5.30 Å². The molecule has 4 aromatic carbocycles. The van der Waals surface area contributed by atoms with Crippen molar-refractivity contribution in [1.82, 2.24) is 0 Å². The fraction of sp³-hybridized carbons (Fsp3) is 0.150. The molecule has 4 heteroatoms. The van der Waals surface area contributed by atoms with Crippen LogP contribution < -0.4 is 25.0 Å². The van der Waals surface area contributed by atoms with Gasteiger partial charge in [-0.25, -0.2) is 4.57 Å². The molecular formula is C40H37N2OP+2. The van der Waals surface area contributed by atoms with Crippen LogP contribution in [0.5, 0.6) is 0 Å². The first-order valence-corrected chi connectivity index (χ1v) is 17.0. The minimum Gasteiger partial charge on any atom is -0.308 e. The van der Waals surface area contributed by atoms with Crippen LogP contribution >= 0.6 is 7.14 Å². The number of pyridine rings is 2. The maximum atomic E-state index is 15.5. The van der Waals surface area contributed by atoms with Crippen molar-refractivity contribution in [3.63, 3.8) is 0 Å². The highest BCUT2D eigenvalue weighted by molar-refractivity contribution is 7.86. The molecule has 0 bridgehead atoms. The molecule has 0 aliphatic carbocycles. The number of hydrogen-bond acceptors (Lipinski definition) is 1. The van der Waals surface area contributed by atoms with Crippen molar-refractivity contribution in [3.05, 3.63) is 161 Å². The Hall–Kier alpha value is -4.59. The molecule has 0 fully saturated rings. The van der Waals surface area contributed by atoms with Crippen LogP contribution in [0.15, 0.2) is 128 Å². The Labute approximate surface area is 260 Å². The fourth-order valence-corrected chi connectivity index (χ4v) is 9.95. The molecule has 6 aromatic rings. The maximum absolute atomic E-state index is 15.5. The van der Waals surface area contributed by atoms with Gasteiger partial charge in [-0.2, -0.15) is 4.57 Å². The molecule has 7 rings (SSSR count). The van der Waals surface area contributed by atoms with E-state index in [-0.39, 0.29) is 0 Å². The average Bonchev–Trinajstić information content (AvgIpc) is 3.25. The van der Waals surface area contributed by atoms with Crippen LogP contribution in [0.4, 0.5) is 0 Å². The quantitative estimate of drug-likeness (QED) is 0.153. The highest BCUT2D eigenvalue weighted by Crippen LogP contribution is 2.52. The molecule has 0 spiro atoms. The highest BCUT2D eigenvalue weighted by atomic mass is 31.2. The Balaban J connectivity index is 1.27. The summed E-state index contributed by atoms with van der Waals surface area (Å²) < 4.78 is 19.8. The lowest BCUT2D eigenvalue weighted by molar-refractivity contribution is -0.688. The molecule has 3 nitrogen and oxygen atoms in total. The lowest BCUT2D eigenvalue weighted by Gasteiger charge is -2.15. The molecule has 0 saturated carbocycles. The van der Waals surface area contributed by atoms with Gasteiger partial charge in [0.15, 0.2) is 45.0 Å². The van der Waals surface area contributed by atoms with E-state index in [0.717, 1.165) is 51.3 Å². The smallest absolute Gasteiger partial charge is 0.181 e. The van der Waals surface area contributed by atoms with E-state index in [0.29, 0.717) is 0 Å². The first kappa shape index (κ1) is 28.2. The molecular weight excluding hydrogens is 555 g/mol. The number of rotatable bonds is 6. The second-order valence-corrected chi connectivity index (χ2v) is 15.0. The molecule has 1 unspecified atom stereocenters. The zero-order valence-electron chi connectivity index (χ0n) is 25.8. The van der Waals surface area contributed by atoms with Gasteiger partial charge in [-0.05, 0) is 74.7 Å². The second-order valence-electron chi connectivity index (χ2n) is 12.3. The number of hydrogen-bond donors (Lipinski definition) is 0. The van der Waals surface area contributed by atoms with Gasteiger partial charge in [0.1, 0.15) is 0 Å². The lowest BCUT2D eigenvalue weighted by atomic mass is 10.0. The largest absolute Gasteiger partial charge is 0.308 e. The summed E-state index contributed by atoms with van der Waals surface area (Å²) in [4.78, 5) is 0. The Morgan fingerprint density at radius 1 is 0.523 bits per heavy atom. The van der Waals surface area contributed by atoms with E-state index in [4.69, 9.17) is 0 Å². The average molecular weight is 593 g/mol. The minimum absolute atomic E-state index is 0.734. The molecule has 2 aromatic heterocycles. The van der Waals surface area contributed by atoms with Crippen molar-refractivity contribution in [3.8, 4) is 22.3 Å². The minimum atomic E-state index is -3.09. The van der Waals surface area contributed by atoms with E-state index in [2.05, 4.69) is 134 Å². The normalized spacial score (nSPS) is 15.2. The van der Waals surface area contributed by atoms with Crippen molar-refractivity contribution in [2.24, 2.45) is 0 Å².